The second-order valence-electron chi connectivity index (χ2n) is 3.57. The third kappa shape index (κ3) is 5.87. The average Bonchev–Trinajstić information content (AvgIpc) is 2.28. The molecule has 0 saturated carbocycles. The van der Waals surface area contributed by atoms with Crippen LogP contribution in [0, 0.1) is 0 Å². The highest BCUT2D eigenvalue weighted by molar-refractivity contribution is 7.91. The molecule has 0 atom stereocenters. The molecule has 1 aromatic carbocycles. The van der Waals surface area contributed by atoms with Gasteiger partial charge in [0.2, 0.25) is 0 Å². The molecule has 0 unspecified atom stereocenters. The number of carboxylic acids is 1. The fourth-order valence-electron chi connectivity index (χ4n) is 1.22. The lowest BCUT2D eigenvalue weighted by atomic mass is 10.2. The van der Waals surface area contributed by atoms with E-state index in [-0.39, 0.29) is 17.9 Å². The van der Waals surface area contributed by atoms with Crippen LogP contribution >= 0.6 is 0 Å². The van der Waals surface area contributed by atoms with Gasteiger partial charge < -0.3 is 5.11 Å². The van der Waals surface area contributed by atoms with E-state index in [4.69, 9.17) is 5.11 Å². The molecule has 0 heterocycles. The highest BCUT2D eigenvalue weighted by Gasteiger charge is 2.10. The minimum Gasteiger partial charge on any atom is -0.481 e. The van der Waals surface area contributed by atoms with E-state index in [0.29, 0.717) is 0 Å². The zero-order valence-electron chi connectivity index (χ0n) is 9.24. The van der Waals surface area contributed by atoms with E-state index in [1.54, 1.807) is 6.08 Å². The third-order valence-electron chi connectivity index (χ3n) is 2.09. The first-order valence-electron chi connectivity index (χ1n) is 5.13. The Morgan fingerprint density at radius 3 is 2.47 bits per heavy atom. The van der Waals surface area contributed by atoms with E-state index in [2.05, 4.69) is 0 Å². The quantitative estimate of drug-likeness (QED) is 0.836. The summed E-state index contributed by atoms with van der Waals surface area (Å²) in [6.07, 6.45) is 2.90. The summed E-state index contributed by atoms with van der Waals surface area (Å²) in [5.41, 5.74) is 0.918. The second kappa shape index (κ2) is 6.20. The first kappa shape index (κ1) is 13.4. The number of carboxylic acid groups (broad SMARTS) is 1. The standard InChI is InChI=1S/C12H14O4S/c13-12(14)8-10-17(15,16)9-4-7-11-5-2-1-3-6-11/h1-7H,8-10H2,(H,13,14). The Kier molecular flexibility index (Phi) is 4.90. The molecule has 1 aromatic rings. The summed E-state index contributed by atoms with van der Waals surface area (Å²) >= 11 is 0. The molecule has 17 heavy (non-hydrogen) atoms. The molecule has 4 nitrogen and oxygen atoms in total. The Balaban J connectivity index is 2.50. The number of hydrogen-bond donors (Lipinski definition) is 1. The fraction of sp³-hybridized carbons (Fsp3) is 0.250. The maximum Gasteiger partial charge on any atom is 0.304 e. The molecule has 0 fully saturated rings. The zero-order valence-corrected chi connectivity index (χ0v) is 10.1. The molecular formula is C12H14O4S. The van der Waals surface area contributed by atoms with Crippen LogP contribution < -0.4 is 0 Å². The Hall–Kier alpha value is -1.62. The van der Waals surface area contributed by atoms with Gasteiger partial charge in [-0.15, -0.1) is 0 Å². The number of carbonyl (C=O) groups is 1. The van der Waals surface area contributed by atoms with Gasteiger partial charge in [-0.25, -0.2) is 8.42 Å². The van der Waals surface area contributed by atoms with Gasteiger partial charge in [0.25, 0.3) is 0 Å². The maximum atomic E-state index is 11.4. The van der Waals surface area contributed by atoms with E-state index in [1.165, 1.54) is 6.08 Å². The predicted octanol–water partition coefficient (Wildman–Crippen LogP) is 1.59. The first-order chi connectivity index (χ1) is 7.99. The van der Waals surface area contributed by atoms with Crippen LogP contribution in [0.4, 0.5) is 0 Å². The SMILES string of the molecule is O=C(O)CCS(=O)(=O)CC=Cc1ccccc1. The molecule has 0 radical (unpaired) electrons. The van der Waals surface area contributed by atoms with Gasteiger partial charge in [0, 0.05) is 0 Å². The van der Waals surface area contributed by atoms with Crippen molar-refractivity contribution < 1.29 is 18.3 Å². The van der Waals surface area contributed by atoms with Crippen molar-refractivity contribution in [3.05, 3.63) is 42.0 Å². The first-order valence-corrected chi connectivity index (χ1v) is 6.95. The summed E-state index contributed by atoms with van der Waals surface area (Å²) < 4.78 is 22.8. The van der Waals surface area contributed by atoms with Crippen molar-refractivity contribution in [2.24, 2.45) is 0 Å². The van der Waals surface area contributed by atoms with Crippen molar-refractivity contribution in [2.45, 2.75) is 6.42 Å². The summed E-state index contributed by atoms with van der Waals surface area (Å²) in [7, 11) is -3.31. The summed E-state index contributed by atoms with van der Waals surface area (Å²) in [6, 6.07) is 9.32. The lowest BCUT2D eigenvalue weighted by Crippen LogP contribution is -2.12. The molecule has 0 aromatic heterocycles. The predicted molar refractivity (Wildman–Crippen MR) is 66.4 cm³/mol. The molecule has 0 aliphatic heterocycles. The van der Waals surface area contributed by atoms with Crippen LogP contribution in [0.1, 0.15) is 12.0 Å². The molecule has 1 N–H and O–H groups in total. The highest BCUT2D eigenvalue weighted by Crippen LogP contribution is 2.02. The minimum atomic E-state index is -3.31. The van der Waals surface area contributed by atoms with Crippen molar-refractivity contribution in [2.75, 3.05) is 11.5 Å². The van der Waals surface area contributed by atoms with E-state index in [1.807, 2.05) is 30.3 Å². The molecule has 0 aliphatic rings. The number of hydrogen-bond acceptors (Lipinski definition) is 3. The van der Waals surface area contributed by atoms with Crippen LogP contribution in [0.3, 0.4) is 0 Å². The number of sulfone groups is 1. The van der Waals surface area contributed by atoms with E-state index in [0.717, 1.165) is 5.56 Å². The van der Waals surface area contributed by atoms with Crippen LogP contribution in [0.15, 0.2) is 36.4 Å². The number of benzene rings is 1. The molecule has 0 aliphatic carbocycles. The Labute approximate surface area is 101 Å². The maximum absolute atomic E-state index is 11.4. The van der Waals surface area contributed by atoms with Crippen LogP contribution in [-0.2, 0) is 14.6 Å². The molecule has 0 bridgehead atoms. The fourth-order valence-corrected chi connectivity index (χ4v) is 2.26. The van der Waals surface area contributed by atoms with Crippen LogP contribution in [0.5, 0.6) is 0 Å². The van der Waals surface area contributed by atoms with Gasteiger partial charge in [0.1, 0.15) is 0 Å². The lowest BCUT2D eigenvalue weighted by Gasteiger charge is -1.98. The number of aliphatic carboxylic acids is 1. The average molecular weight is 254 g/mol. The van der Waals surface area contributed by atoms with Crippen molar-refractivity contribution >= 4 is 21.9 Å². The van der Waals surface area contributed by atoms with Crippen molar-refractivity contribution in [1.82, 2.24) is 0 Å². The van der Waals surface area contributed by atoms with Gasteiger partial charge in [-0.3, -0.25) is 4.79 Å². The van der Waals surface area contributed by atoms with Crippen molar-refractivity contribution in [1.29, 1.82) is 0 Å². The summed E-state index contributed by atoms with van der Waals surface area (Å²) in [5, 5.41) is 8.40. The van der Waals surface area contributed by atoms with E-state index < -0.39 is 15.8 Å². The third-order valence-corrected chi connectivity index (χ3v) is 3.61. The molecule has 1 rings (SSSR count). The molecule has 5 heteroatoms. The smallest absolute Gasteiger partial charge is 0.304 e. The van der Waals surface area contributed by atoms with Crippen LogP contribution in [0.25, 0.3) is 6.08 Å². The highest BCUT2D eigenvalue weighted by atomic mass is 32.2. The number of rotatable bonds is 6. The van der Waals surface area contributed by atoms with E-state index >= 15 is 0 Å². The van der Waals surface area contributed by atoms with Gasteiger partial charge in [0.05, 0.1) is 17.9 Å². The molecule has 0 spiro atoms. The van der Waals surface area contributed by atoms with E-state index in [9.17, 15) is 13.2 Å². The largest absolute Gasteiger partial charge is 0.481 e. The Morgan fingerprint density at radius 1 is 1.24 bits per heavy atom. The Bertz CT molecular complexity index is 488. The van der Waals surface area contributed by atoms with Crippen molar-refractivity contribution in [3.63, 3.8) is 0 Å². The lowest BCUT2D eigenvalue weighted by molar-refractivity contribution is -0.136. The van der Waals surface area contributed by atoms with Gasteiger partial charge >= 0.3 is 5.97 Å². The zero-order chi connectivity index (χ0) is 12.7. The monoisotopic (exact) mass is 254 g/mol. The van der Waals surface area contributed by atoms with Crippen LogP contribution in [-0.4, -0.2) is 31.0 Å². The second-order valence-corrected chi connectivity index (χ2v) is 5.80. The molecule has 0 saturated heterocycles. The van der Waals surface area contributed by atoms with Crippen molar-refractivity contribution in [3.8, 4) is 0 Å². The van der Waals surface area contributed by atoms with Crippen LogP contribution in [0.2, 0.25) is 0 Å². The molecule has 0 amide bonds. The molecule has 92 valence electrons. The Morgan fingerprint density at radius 2 is 1.88 bits per heavy atom. The van der Waals surface area contributed by atoms with Gasteiger partial charge in [-0.1, -0.05) is 42.5 Å². The van der Waals surface area contributed by atoms with Gasteiger partial charge in [-0.2, -0.15) is 0 Å². The normalized spacial score (nSPS) is 11.8. The minimum absolute atomic E-state index is 0.130. The summed E-state index contributed by atoms with van der Waals surface area (Å²) in [4.78, 5) is 10.3. The summed E-state index contributed by atoms with van der Waals surface area (Å²) in [6.45, 7) is 0. The van der Waals surface area contributed by atoms with Gasteiger partial charge in [-0.05, 0) is 5.56 Å². The molecular weight excluding hydrogens is 240 g/mol. The topological polar surface area (TPSA) is 71.4 Å². The van der Waals surface area contributed by atoms with Gasteiger partial charge in [0.15, 0.2) is 9.84 Å². The summed E-state index contributed by atoms with van der Waals surface area (Å²) in [5.74, 6) is -1.54.